The molecule has 1 unspecified atom stereocenters. The zero-order valence-electron chi connectivity index (χ0n) is 15.8. The van der Waals surface area contributed by atoms with Gasteiger partial charge in [-0.1, -0.05) is 42.5 Å². The second kappa shape index (κ2) is 6.93. The van der Waals surface area contributed by atoms with Crippen LogP contribution in [-0.2, 0) is 32.5 Å². The average molecular weight is 335 g/mol. The van der Waals surface area contributed by atoms with Gasteiger partial charge in [0.2, 0.25) is 0 Å². The molecular formula is C23H30N2. The minimum Gasteiger partial charge on any atom is -0.296 e. The lowest BCUT2D eigenvalue weighted by Gasteiger charge is -2.32. The van der Waals surface area contributed by atoms with Gasteiger partial charge in [-0.05, 0) is 61.4 Å². The predicted molar refractivity (Wildman–Crippen MR) is 105 cm³/mol. The molecule has 0 amide bonds. The van der Waals surface area contributed by atoms with E-state index in [4.69, 9.17) is 0 Å². The summed E-state index contributed by atoms with van der Waals surface area (Å²) in [6.07, 6.45) is 2.34. The third-order valence-corrected chi connectivity index (χ3v) is 6.06. The van der Waals surface area contributed by atoms with Gasteiger partial charge in [0.25, 0.3) is 0 Å². The highest BCUT2D eigenvalue weighted by Crippen LogP contribution is 2.27. The van der Waals surface area contributed by atoms with Crippen LogP contribution >= 0.6 is 0 Å². The first-order chi connectivity index (χ1) is 12.1. The third-order valence-electron chi connectivity index (χ3n) is 6.06. The Kier molecular flexibility index (Phi) is 4.66. The summed E-state index contributed by atoms with van der Waals surface area (Å²) in [4.78, 5) is 5.21. The minimum atomic E-state index is 0.579. The van der Waals surface area contributed by atoms with Crippen LogP contribution in [0.3, 0.4) is 0 Å². The Labute approximate surface area is 152 Å². The Morgan fingerprint density at radius 1 is 0.800 bits per heavy atom. The summed E-state index contributed by atoms with van der Waals surface area (Å²) in [5, 5.41) is 0. The molecule has 2 aromatic carbocycles. The molecular weight excluding hydrogens is 304 g/mol. The second-order valence-electron chi connectivity index (χ2n) is 8.14. The molecule has 0 fully saturated rings. The Morgan fingerprint density at radius 3 is 2.16 bits per heavy atom. The van der Waals surface area contributed by atoms with Gasteiger partial charge < -0.3 is 0 Å². The number of hydrogen-bond donors (Lipinski definition) is 0. The summed E-state index contributed by atoms with van der Waals surface area (Å²) >= 11 is 0. The molecule has 0 N–H and O–H groups in total. The number of rotatable bonds is 4. The summed E-state index contributed by atoms with van der Waals surface area (Å²) in [6.45, 7) is 11.5. The Balaban J connectivity index is 1.44. The van der Waals surface area contributed by atoms with Crippen molar-refractivity contribution in [3.8, 4) is 0 Å². The van der Waals surface area contributed by atoms with Crippen LogP contribution in [0, 0.1) is 0 Å². The van der Waals surface area contributed by atoms with Crippen molar-refractivity contribution >= 4 is 0 Å². The maximum Gasteiger partial charge on any atom is 0.0243 e. The van der Waals surface area contributed by atoms with Gasteiger partial charge >= 0.3 is 0 Å². The molecule has 2 aromatic rings. The molecule has 0 radical (unpaired) electrons. The Bertz CT molecular complexity index is 725. The molecule has 2 heterocycles. The molecule has 0 spiro atoms. The van der Waals surface area contributed by atoms with Crippen molar-refractivity contribution in [1.82, 2.24) is 9.80 Å². The summed E-state index contributed by atoms with van der Waals surface area (Å²) in [7, 11) is 0. The normalized spacial score (nSPS) is 19.0. The molecule has 0 aliphatic carbocycles. The van der Waals surface area contributed by atoms with Crippen molar-refractivity contribution in [1.29, 1.82) is 0 Å². The van der Waals surface area contributed by atoms with E-state index in [1.54, 1.807) is 11.1 Å². The van der Waals surface area contributed by atoms with E-state index in [0.717, 1.165) is 26.1 Å². The standard InChI is InChI=1S/C23H30N2/c1-17(2)24-11-10-20-9-8-19(13-23(20)16-24)12-18(3)25-14-21-6-4-5-7-22(21)15-25/h4-9,13,17-18H,10-12,14-16H2,1-3H3. The van der Waals surface area contributed by atoms with Gasteiger partial charge in [-0.2, -0.15) is 0 Å². The van der Waals surface area contributed by atoms with E-state index < -0.39 is 0 Å². The molecule has 2 aliphatic heterocycles. The van der Waals surface area contributed by atoms with E-state index in [1.165, 1.54) is 29.7 Å². The van der Waals surface area contributed by atoms with E-state index >= 15 is 0 Å². The van der Waals surface area contributed by atoms with Gasteiger partial charge in [-0.25, -0.2) is 0 Å². The number of fused-ring (bicyclic) bond motifs is 2. The maximum atomic E-state index is 2.62. The molecule has 0 saturated heterocycles. The molecule has 25 heavy (non-hydrogen) atoms. The zero-order valence-corrected chi connectivity index (χ0v) is 15.8. The van der Waals surface area contributed by atoms with Crippen molar-refractivity contribution in [2.75, 3.05) is 6.54 Å². The molecule has 2 heteroatoms. The van der Waals surface area contributed by atoms with E-state index in [2.05, 4.69) is 73.0 Å². The lowest BCUT2D eigenvalue weighted by molar-refractivity contribution is 0.202. The van der Waals surface area contributed by atoms with Crippen molar-refractivity contribution in [3.63, 3.8) is 0 Å². The van der Waals surface area contributed by atoms with Crippen LogP contribution in [0.2, 0.25) is 0 Å². The van der Waals surface area contributed by atoms with Crippen molar-refractivity contribution in [2.24, 2.45) is 0 Å². The van der Waals surface area contributed by atoms with Crippen molar-refractivity contribution < 1.29 is 0 Å². The Hall–Kier alpha value is -1.64. The lowest BCUT2D eigenvalue weighted by Crippen LogP contribution is -2.36. The van der Waals surface area contributed by atoms with Gasteiger partial charge in [0.15, 0.2) is 0 Å². The monoisotopic (exact) mass is 334 g/mol. The highest BCUT2D eigenvalue weighted by atomic mass is 15.2. The molecule has 4 rings (SSSR count). The van der Waals surface area contributed by atoms with Gasteiger partial charge in [0, 0.05) is 38.3 Å². The van der Waals surface area contributed by atoms with Crippen LogP contribution in [0.1, 0.15) is 48.6 Å². The number of nitrogens with zero attached hydrogens (tertiary/aromatic N) is 2. The predicted octanol–water partition coefficient (Wildman–Crippen LogP) is 4.40. The van der Waals surface area contributed by atoms with E-state index in [-0.39, 0.29) is 0 Å². The van der Waals surface area contributed by atoms with Gasteiger partial charge in [0.05, 0.1) is 0 Å². The van der Waals surface area contributed by atoms with Crippen LogP contribution in [-0.4, -0.2) is 28.4 Å². The summed E-state index contributed by atoms with van der Waals surface area (Å²) < 4.78 is 0. The number of hydrogen-bond acceptors (Lipinski definition) is 2. The fourth-order valence-electron chi connectivity index (χ4n) is 4.34. The summed E-state index contributed by atoms with van der Waals surface area (Å²) in [6, 6.07) is 17.3. The van der Waals surface area contributed by atoms with Crippen LogP contribution in [0.4, 0.5) is 0 Å². The molecule has 132 valence electrons. The second-order valence-corrected chi connectivity index (χ2v) is 8.14. The van der Waals surface area contributed by atoms with Gasteiger partial charge in [-0.15, -0.1) is 0 Å². The summed E-state index contributed by atoms with van der Waals surface area (Å²) in [5.41, 5.74) is 7.61. The highest BCUT2D eigenvalue weighted by molar-refractivity contribution is 5.35. The smallest absolute Gasteiger partial charge is 0.0243 e. The SMILES string of the molecule is CC(C)N1CCc2ccc(CC(C)N3Cc4ccccc4C3)cc2C1. The van der Waals surface area contributed by atoms with Crippen LogP contribution in [0.5, 0.6) is 0 Å². The minimum absolute atomic E-state index is 0.579. The van der Waals surface area contributed by atoms with Gasteiger partial charge in [0.1, 0.15) is 0 Å². The average Bonchev–Trinajstić information content (AvgIpc) is 3.05. The van der Waals surface area contributed by atoms with Gasteiger partial charge in [-0.3, -0.25) is 9.80 Å². The fraction of sp³-hybridized carbons (Fsp3) is 0.478. The van der Waals surface area contributed by atoms with Crippen LogP contribution in [0.15, 0.2) is 42.5 Å². The first kappa shape index (κ1) is 16.8. The molecule has 0 bridgehead atoms. The first-order valence-corrected chi connectivity index (χ1v) is 9.75. The fourth-order valence-corrected chi connectivity index (χ4v) is 4.34. The van der Waals surface area contributed by atoms with Crippen molar-refractivity contribution in [3.05, 3.63) is 70.3 Å². The van der Waals surface area contributed by atoms with Crippen LogP contribution in [0.25, 0.3) is 0 Å². The summed E-state index contributed by atoms with van der Waals surface area (Å²) in [5.74, 6) is 0. The Morgan fingerprint density at radius 2 is 1.48 bits per heavy atom. The molecule has 1 atom stereocenters. The zero-order chi connectivity index (χ0) is 17.4. The first-order valence-electron chi connectivity index (χ1n) is 9.75. The maximum absolute atomic E-state index is 2.62. The molecule has 2 nitrogen and oxygen atoms in total. The topological polar surface area (TPSA) is 6.48 Å². The lowest BCUT2D eigenvalue weighted by atomic mass is 9.94. The van der Waals surface area contributed by atoms with E-state index in [9.17, 15) is 0 Å². The number of benzene rings is 2. The third kappa shape index (κ3) is 3.51. The molecule has 2 aliphatic rings. The highest BCUT2D eigenvalue weighted by Gasteiger charge is 2.23. The molecule has 0 aromatic heterocycles. The van der Waals surface area contributed by atoms with E-state index in [0.29, 0.717) is 12.1 Å². The quantitative estimate of drug-likeness (QED) is 0.818. The molecule has 0 saturated carbocycles. The van der Waals surface area contributed by atoms with E-state index in [1.807, 2.05) is 0 Å². The van der Waals surface area contributed by atoms with Crippen molar-refractivity contribution in [2.45, 2.75) is 65.3 Å². The largest absolute Gasteiger partial charge is 0.296 e. The van der Waals surface area contributed by atoms with Crippen LogP contribution < -0.4 is 0 Å².